The Bertz CT molecular complexity index is 969. The smallest absolute Gasteiger partial charge is 0.338 e. The first kappa shape index (κ1) is 21.4. The number of ether oxygens (including phenoxy) is 1. The van der Waals surface area contributed by atoms with Crippen LogP contribution in [0.5, 0.6) is 0 Å². The Hall–Kier alpha value is -2.87. The molecule has 0 aliphatic carbocycles. The average molecular weight is 404 g/mol. The molecule has 0 spiro atoms. The molecule has 2 aromatic rings. The molecule has 0 saturated heterocycles. The van der Waals surface area contributed by atoms with Crippen LogP contribution < -0.4 is 9.62 Å². The molecule has 0 saturated carbocycles. The standard InChI is InChI=1S/C20H24N2O5S/c1-5-22(28(4,25)26)17-11-9-15(10-12-17)19(23)21-18-13-16(8-7-14(18)3)20(24)27-6-2/h7-13H,5-6H2,1-4H3,(H,21,23). The van der Waals surface area contributed by atoms with Gasteiger partial charge in [0.05, 0.1) is 24.1 Å². The van der Waals surface area contributed by atoms with Gasteiger partial charge in [-0.15, -0.1) is 0 Å². The molecule has 1 amide bonds. The minimum Gasteiger partial charge on any atom is -0.462 e. The first-order valence-corrected chi connectivity index (χ1v) is 10.7. The van der Waals surface area contributed by atoms with E-state index in [9.17, 15) is 18.0 Å². The van der Waals surface area contributed by atoms with Crippen LogP contribution in [-0.2, 0) is 14.8 Å². The zero-order valence-corrected chi connectivity index (χ0v) is 17.2. The Morgan fingerprint density at radius 1 is 1.04 bits per heavy atom. The molecule has 0 aromatic heterocycles. The van der Waals surface area contributed by atoms with Gasteiger partial charge in [0, 0.05) is 17.8 Å². The number of rotatable bonds is 7. The fourth-order valence-electron chi connectivity index (χ4n) is 2.68. The van der Waals surface area contributed by atoms with Gasteiger partial charge < -0.3 is 10.1 Å². The van der Waals surface area contributed by atoms with Gasteiger partial charge in [-0.3, -0.25) is 9.10 Å². The first-order valence-electron chi connectivity index (χ1n) is 8.84. The monoisotopic (exact) mass is 404 g/mol. The van der Waals surface area contributed by atoms with Crippen LogP contribution in [0, 0.1) is 6.92 Å². The van der Waals surface area contributed by atoms with Crippen LogP contribution in [0.2, 0.25) is 0 Å². The maximum Gasteiger partial charge on any atom is 0.338 e. The molecule has 0 radical (unpaired) electrons. The topological polar surface area (TPSA) is 92.8 Å². The van der Waals surface area contributed by atoms with E-state index in [-0.39, 0.29) is 12.5 Å². The Morgan fingerprint density at radius 2 is 1.64 bits per heavy atom. The Kier molecular flexibility index (Phi) is 6.80. The molecular weight excluding hydrogens is 380 g/mol. The van der Waals surface area contributed by atoms with E-state index >= 15 is 0 Å². The van der Waals surface area contributed by atoms with Gasteiger partial charge in [0.2, 0.25) is 10.0 Å². The van der Waals surface area contributed by atoms with E-state index in [1.54, 1.807) is 56.3 Å². The lowest BCUT2D eigenvalue weighted by Gasteiger charge is -2.20. The number of nitrogens with zero attached hydrogens (tertiary/aromatic N) is 1. The van der Waals surface area contributed by atoms with Crippen molar-refractivity contribution in [2.24, 2.45) is 0 Å². The number of nitrogens with one attached hydrogen (secondary N) is 1. The van der Waals surface area contributed by atoms with Gasteiger partial charge in [-0.05, 0) is 62.7 Å². The Balaban J connectivity index is 2.21. The average Bonchev–Trinajstić information content (AvgIpc) is 2.63. The number of benzene rings is 2. The number of amides is 1. The summed E-state index contributed by atoms with van der Waals surface area (Å²) in [5.74, 6) is -0.819. The van der Waals surface area contributed by atoms with Crippen molar-refractivity contribution in [3.05, 3.63) is 59.2 Å². The highest BCUT2D eigenvalue weighted by molar-refractivity contribution is 7.92. The molecule has 0 aliphatic heterocycles. The second-order valence-electron chi connectivity index (χ2n) is 6.18. The van der Waals surface area contributed by atoms with Gasteiger partial charge in [-0.2, -0.15) is 0 Å². The summed E-state index contributed by atoms with van der Waals surface area (Å²) in [6.45, 7) is 5.84. The van der Waals surface area contributed by atoms with Crippen LogP contribution in [0.3, 0.4) is 0 Å². The molecule has 150 valence electrons. The fourth-order valence-corrected chi connectivity index (χ4v) is 3.65. The maximum absolute atomic E-state index is 12.6. The summed E-state index contributed by atoms with van der Waals surface area (Å²) in [5, 5.41) is 2.78. The fraction of sp³-hybridized carbons (Fsp3) is 0.300. The third kappa shape index (κ3) is 5.10. The molecule has 1 N–H and O–H groups in total. The van der Waals surface area contributed by atoms with Crippen LogP contribution in [0.15, 0.2) is 42.5 Å². The third-order valence-corrected chi connectivity index (χ3v) is 5.37. The summed E-state index contributed by atoms with van der Waals surface area (Å²) in [4.78, 5) is 24.4. The largest absolute Gasteiger partial charge is 0.462 e. The number of carbonyl (C=O) groups excluding carboxylic acids is 2. The molecule has 0 aliphatic rings. The second kappa shape index (κ2) is 8.88. The molecule has 0 bridgehead atoms. The van der Waals surface area contributed by atoms with Crippen molar-refractivity contribution in [1.29, 1.82) is 0 Å². The summed E-state index contributed by atoms with van der Waals surface area (Å²) < 4.78 is 29.8. The lowest BCUT2D eigenvalue weighted by molar-refractivity contribution is 0.0526. The zero-order valence-electron chi connectivity index (χ0n) is 16.4. The quantitative estimate of drug-likeness (QED) is 0.716. The van der Waals surface area contributed by atoms with E-state index in [1.807, 2.05) is 6.92 Å². The summed E-state index contributed by atoms with van der Waals surface area (Å²) in [6.07, 6.45) is 1.14. The highest BCUT2D eigenvalue weighted by Gasteiger charge is 2.16. The SMILES string of the molecule is CCOC(=O)c1ccc(C)c(NC(=O)c2ccc(N(CC)S(C)(=O)=O)cc2)c1. The Labute approximate surface area is 165 Å². The highest BCUT2D eigenvalue weighted by Crippen LogP contribution is 2.21. The molecule has 0 fully saturated rings. The summed E-state index contributed by atoms with van der Waals surface area (Å²) >= 11 is 0. The number of hydrogen-bond acceptors (Lipinski definition) is 5. The molecule has 8 heteroatoms. The highest BCUT2D eigenvalue weighted by atomic mass is 32.2. The third-order valence-electron chi connectivity index (χ3n) is 4.10. The van der Waals surface area contributed by atoms with Gasteiger partial charge in [0.15, 0.2) is 0 Å². The maximum atomic E-state index is 12.6. The molecule has 0 unspecified atom stereocenters. The number of anilines is 2. The minimum absolute atomic E-state index is 0.267. The van der Waals surface area contributed by atoms with E-state index in [4.69, 9.17) is 4.74 Å². The van der Waals surface area contributed by atoms with Gasteiger partial charge >= 0.3 is 5.97 Å². The normalized spacial score (nSPS) is 11.0. The van der Waals surface area contributed by atoms with E-state index in [0.717, 1.165) is 11.8 Å². The van der Waals surface area contributed by atoms with Gasteiger partial charge in [-0.1, -0.05) is 6.07 Å². The number of esters is 1. The van der Waals surface area contributed by atoms with E-state index in [1.165, 1.54) is 4.31 Å². The second-order valence-corrected chi connectivity index (χ2v) is 8.09. The van der Waals surface area contributed by atoms with Crippen molar-refractivity contribution in [2.45, 2.75) is 20.8 Å². The number of sulfonamides is 1. The van der Waals surface area contributed by atoms with Crippen LogP contribution in [0.4, 0.5) is 11.4 Å². The van der Waals surface area contributed by atoms with Gasteiger partial charge in [0.25, 0.3) is 5.91 Å². The molecule has 28 heavy (non-hydrogen) atoms. The number of hydrogen-bond donors (Lipinski definition) is 1. The van der Waals surface area contributed by atoms with Crippen LogP contribution in [0.1, 0.15) is 40.1 Å². The lowest BCUT2D eigenvalue weighted by Crippen LogP contribution is -2.29. The Morgan fingerprint density at radius 3 is 2.18 bits per heavy atom. The van der Waals surface area contributed by atoms with Crippen molar-refractivity contribution in [2.75, 3.05) is 29.0 Å². The van der Waals surface area contributed by atoms with Gasteiger partial charge in [0.1, 0.15) is 0 Å². The van der Waals surface area contributed by atoms with Gasteiger partial charge in [-0.25, -0.2) is 13.2 Å². The number of carbonyl (C=O) groups is 2. The number of aryl methyl sites for hydroxylation is 1. The molecule has 0 atom stereocenters. The molecule has 0 heterocycles. The molecule has 2 rings (SSSR count). The minimum atomic E-state index is -3.38. The summed E-state index contributed by atoms with van der Waals surface area (Å²) in [5.41, 5.74) is 2.51. The first-order chi connectivity index (χ1) is 13.2. The predicted octanol–water partition coefficient (Wildman–Crippen LogP) is 3.21. The van der Waals surface area contributed by atoms with Crippen molar-refractivity contribution >= 4 is 33.3 Å². The molecule has 7 nitrogen and oxygen atoms in total. The van der Waals surface area contributed by atoms with Crippen molar-refractivity contribution in [1.82, 2.24) is 0 Å². The van der Waals surface area contributed by atoms with Crippen molar-refractivity contribution in [3.8, 4) is 0 Å². The van der Waals surface area contributed by atoms with E-state index < -0.39 is 16.0 Å². The van der Waals surface area contributed by atoms with Crippen LogP contribution >= 0.6 is 0 Å². The van der Waals surface area contributed by atoms with Crippen LogP contribution in [-0.4, -0.2) is 39.7 Å². The van der Waals surface area contributed by atoms with E-state index in [0.29, 0.717) is 29.0 Å². The lowest BCUT2D eigenvalue weighted by atomic mass is 10.1. The predicted molar refractivity (Wildman–Crippen MR) is 109 cm³/mol. The van der Waals surface area contributed by atoms with E-state index in [2.05, 4.69) is 5.32 Å². The summed E-state index contributed by atoms with van der Waals surface area (Å²) in [6, 6.07) is 11.2. The van der Waals surface area contributed by atoms with Crippen LogP contribution in [0.25, 0.3) is 0 Å². The molecular formula is C20H24N2O5S. The van der Waals surface area contributed by atoms with Crippen molar-refractivity contribution < 1.29 is 22.7 Å². The summed E-state index contributed by atoms with van der Waals surface area (Å²) in [7, 11) is -3.38. The van der Waals surface area contributed by atoms with Crippen molar-refractivity contribution in [3.63, 3.8) is 0 Å². The molecule has 2 aromatic carbocycles. The zero-order chi connectivity index (χ0) is 20.9.